The molecule has 0 saturated carbocycles. The minimum Gasteiger partial charge on any atom is -0.466 e. The number of hydrogen-bond acceptors (Lipinski definition) is 2. The molecule has 0 unspecified atom stereocenters. The van der Waals surface area contributed by atoms with Crippen molar-refractivity contribution in [2.45, 2.75) is 13.8 Å². The second-order valence-corrected chi connectivity index (χ2v) is 4.82. The summed E-state index contributed by atoms with van der Waals surface area (Å²) in [6, 6.07) is 3.58. The second-order valence-electron chi connectivity index (χ2n) is 3.90. The number of carbonyl (C=O) groups is 1. The highest BCUT2D eigenvalue weighted by Crippen LogP contribution is 2.24. The first-order valence-electron chi connectivity index (χ1n) is 5.16. The second kappa shape index (κ2) is 4.65. The lowest BCUT2D eigenvalue weighted by Crippen LogP contribution is -2.08. The molecule has 0 aliphatic carbocycles. The van der Waals surface area contributed by atoms with Gasteiger partial charge in [0, 0.05) is 4.47 Å². The zero-order valence-electron chi connectivity index (χ0n) is 9.68. The van der Waals surface area contributed by atoms with Crippen LogP contribution in [0.15, 0.2) is 27.1 Å². The summed E-state index contributed by atoms with van der Waals surface area (Å²) in [4.78, 5) is 12.1. The standard InChI is InChI=1S/C13H9BrF2O2/c1-6-3-9(7(2)18-6)13(17)12-10(15)4-8(14)5-11(12)16/h3-5H,1-2H3. The Morgan fingerprint density at radius 2 is 1.72 bits per heavy atom. The van der Waals surface area contributed by atoms with Crippen LogP contribution in [0.25, 0.3) is 0 Å². The van der Waals surface area contributed by atoms with Crippen LogP contribution in [0.3, 0.4) is 0 Å². The summed E-state index contributed by atoms with van der Waals surface area (Å²) < 4.78 is 32.8. The van der Waals surface area contributed by atoms with Gasteiger partial charge in [-0.15, -0.1) is 0 Å². The third kappa shape index (κ3) is 2.22. The van der Waals surface area contributed by atoms with Crippen molar-refractivity contribution in [2.75, 3.05) is 0 Å². The minimum absolute atomic E-state index is 0.174. The molecular weight excluding hydrogens is 306 g/mol. The van der Waals surface area contributed by atoms with Gasteiger partial charge in [-0.25, -0.2) is 8.78 Å². The van der Waals surface area contributed by atoms with E-state index < -0.39 is 23.0 Å². The van der Waals surface area contributed by atoms with Crippen LogP contribution < -0.4 is 0 Å². The molecule has 94 valence electrons. The predicted molar refractivity (Wildman–Crippen MR) is 65.7 cm³/mol. The molecule has 0 bridgehead atoms. The van der Waals surface area contributed by atoms with Gasteiger partial charge in [-0.1, -0.05) is 15.9 Å². The summed E-state index contributed by atoms with van der Waals surface area (Å²) in [6.07, 6.45) is 0. The fourth-order valence-electron chi connectivity index (χ4n) is 1.75. The number of rotatable bonds is 2. The molecule has 0 atom stereocenters. The Bertz CT molecular complexity index is 609. The van der Waals surface area contributed by atoms with Gasteiger partial charge >= 0.3 is 0 Å². The number of furan rings is 1. The van der Waals surface area contributed by atoms with Crippen molar-refractivity contribution in [3.05, 3.63) is 57.0 Å². The summed E-state index contributed by atoms with van der Waals surface area (Å²) in [5.41, 5.74) is -0.394. The number of ketones is 1. The summed E-state index contributed by atoms with van der Waals surface area (Å²) in [5, 5.41) is 0. The Labute approximate surface area is 111 Å². The molecule has 0 N–H and O–H groups in total. The van der Waals surface area contributed by atoms with E-state index in [-0.39, 0.29) is 10.0 Å². The fraction of sp³-hybridized carbons (Fsp3) is 0.154. The normalized spacial score (nSPS) is 10.7. The molecule has 2 aromatic rings. The van der Waals surface area contributed by atoms with Crippen molar-refractivity contribution in [2.24, 2.45) is 0 Å². The highest BCUT2D eigenvalue weighted by molar-refractivity contribution is 9.10. The SMILES string of the molecule is Cc1cc(C(=O)c2c(F)cc(Br)cc2F)c(C)o1. The molecule has 2 nitrogen and oxygen atoms in total. The predicted octanol–water partition coefficient (Wildman–Crippen LogP) is 4.17. The van der Waals surface area contributed by atoms with Crippen LogP contribution in [0.4, 0.5) is 8.78 Å². The largest absolute Gasteiger partial charge is 0.466 e. The van der Waals surface area contributed by atoms with Crippen molar-refractivity contribution in [1.29, 1.82) is 0 Å². The third-order valence-corrected chi connectivity index (χ3v) is 2.98. The van der Waals surface area contributed by atoms with E-state index in [2.05, 4.69) is 15.9 Å². The first-order valence-corrected chi connectivity index (χ1v) is 5.95. The van der Waals surface area contributed by atoms with Crippen LogP contribution in [0.2, 0.25) is 0 Å². The summed E-state index contributed by atoms with van der Waals surface area (Å²) >= 11 is 2.96. The van der Waals surface area contributed by atoms with E-state index in [0.717, 1.165) is 12.1 Å². The average Bonchev–Trinajstić information content (AvgIpc) is 2.56. The third-order valence-electron chi connectivity index (χ3n) is 2.52. The van der Waals surface area contributed by atoms with Crippen LogP contribution in [0.1, 0.15) is 27.4 Å². The maximum atomic E-state index is 13.7. The van der Waals surface area contributed by atoms with Crippen molar-refractivity contribution >= 4 is 21.7 Å². The molecular formula is C13H9BrF2O2. The van der Waals surface area contributed by atoms with Gasteiger partial charge in [-0.3, -0.25) is 4.79 Å². The lowest BCUT2D eigenvalue weighted by Gasteiger charge is -2.04. The topological polar surface area (TPSA) is 30.2 Å². The van der Waals surface area contributed by atoms with E-state index in [1.165, 1.54) is 6.07 Å². The van der Waals surface area contributed by atoms with Gasteiger partial charge in [0.2, 0.25) is 5.78 Å². The first kappa shape index (κ1) is 13.0. The summed E-state index contributed by atoms with van der Waals surface area (Å²) in [5.74, 6) is -1.64. The highest BCUT2D eigenvalue weighted by atomic mass is 79.9. The Morgan fingerprint density at radius 3 is 2.17 bits per heavy atom. The van der Waals surface area contributed by atoms with E-state index in [9.17, 15) is 13.6 Å². The van der Waals surface area contributed by atoms with Crippen LogP contribution in [-0.2, 0) is 0 Å². The molecule has 0 radical (unpaired) electrons. The molecule has 0 aliphatic heterocycles. The molecule has 5 heteroatoms. The van der Waals surface area contributed by atoms with Gasteiger partial charge in [-0.05, 0) is 32.0 Å². The lowest BCUT2D eigenvalue weighted by atomic mass is 10.0. The number of aryl methyl sites for hydroxylation is 2. The fourth-order valence-corrected chi connectivity index (χ4v) is 2.15. The van der Waals surface area contributed by atoms with Gasteiger partial charge in [0.15, 0.2) is 0 Å². The summed E-state index contributed by atoms with van der Waals surface area (Å²) in [6.45, 7) is 3.24. The van der Waals surface area contributed by atoms with Crippen LogP contribution in [0.5, 0.6) is 0 Å². The quantitative estimate of drug-likeness (QED) is 0.779. The maximum absolute atomic E-state index is 13.7. The van der Waals surface area contributed by atoms with Crippen molar-refractivity contribution in [3.63, 3.8) is 0 Å². The van der Waals surface area contributed by atoms with Gasteiger partial charge in [-0.2, -0.15) is 0 Å². The number of hydrogen-bond donors (Lipinski definition) is 0. The average molecular weight is 315 g/mol. The van der Waals surface area contributed by atoms with Crippen molar-refractivity contribution < 1.29 is 18.0 Å². The first-order chi connectivity index (χ1) is 8.40. The van der Waals surface area contributed by atoms with Crippen molar-refractivity contribution in [1.82, 2.24) is 0 Å². The van der Waals surface area contributed by atoms with Gasteiger partial charge < -0.3 is 4.42 Å². The number of halogens is 3. The lowest BCUT2D eigenvalue weighted by molar-refractivity contribution is 0.102. The molecule has 0 amide bonds. The Morgan fingerprint density at radius 1 is 1.17 bits per heavy atom. The molecule has 0 fully saturated rings. The molecule has 1 aromatic heterocycles. The molecule has 2 rings (SSSR count). The Balaban J connectivity index is 2.56. The molecule has 1 aromatic carbocycles. The van der Waals surface area contributed by atoms with E-state index in [4.69, 9.17) is 4.42 Å². The van der Waals surface area contributed by atoms with E-state index in [0.29, 0.717) is 11.5 Å². The number of benzene rings is 1. The van der Waals surface area contributed by atoms with Crippen LogP contribution in [-0.4, -0.2) is 5.78 Å². The molecule has 1 heterocycles. The monoisotopic (exact) mass is 314 g/mol. The van der Waals surface area contributed by atoms with E-state index in [1.54, 1.807) is 13.8 Å². The smallest absolute Gasteiger partial charge is 0.202 e. The minimum atomic E-state index is -0.898. The van der Waals surface area contributed by atoms with Gasteiger partial charge in [0.25, 0.3) is 0 Å². The van der Waals surface area contributed by atoms with Gasteiger partial charge in [0.1, 0.15) is 23.2 Å². The van der Waals surface area contributed by atoms with E-state index >= 15 is 0 Å². The van der Waals surface area contributed by atoms with E-state index in [1.807, 2.05) is 0 Å². The highest BCUT2D eigenvalue weighted by Gasteiger charge is 2.23. The molecule has 18 heavy (non-hydrogen) atoms. The zero-order chi connectivity index (χ0) is 13.4. The maximum Gasteiger partial charge on any atom is 0.202 e. The van der Waals surface area contributed by atoms with Gasteiger partial charge in [0.05, 0.1) is 11.1 Å². The van der Waals surface area contributed by atoms with Crippen LogP contribution >= 0.6 is 15.9 Å². The molecule has 0 aliphatic rings. The Hall–Kier alpha value is -1.49. The van der Waals surface area contributed by atoms with Crippen molar-refractivity contribution in [3.8, 4) is 0 Å². The number of carbonyl (C=O) groups excluding carboxylic acids is 1. The molecule has 0 spiro atoms. The van der Waals surface area contributed by atoms with Crippen LogP contribution in [0, 0.1) is 25.5 Å². The zero-order valence-corrected chi connectivity index (χ0v) is 11.3. The summed E-state index contributed by atoms with van der Waals surface area (Å²) in [7, 11) is 0. The molecule has 0 saturated heterocycles. The Kier molecular flexibility index (Phi) is 3.34.